The highest BCUT2D eigenvalue weighted by Gasteiger charge is 2.18. The minimum Gasteiger partial charge on any atom is -0.507 e. The highest BCUT2D eigenvalue weighted by Crippen LogP contribution is 2.13. The van der Waals surface area contributed by atoms with Gasteiger partial charge in [-0.2, -0.15) is 9.61 Å². The van der Waals surface area contributed by atoms with Crippen LogP contribution in [0.15, 0.2) is 10.9 Å². The lowest BCUT2D eigenvalue weighted by atomic mass is 10.1. The fourth-order valence-corrected chi connectivity index (χ4v) is 2.21. The van der Waals surface area contributed by atoms with Crippen molar-refractivity contribution < 1.29 is 9.90 Å². The van der Waals surface area contributed by atoms with Crippen LogP contribution in [0.25, 0.3) is 18.0 Å². The van der Waals surface area contributed by atoms with Crippen LogP contribution in [0.3, 0.4) is 0 Å². The number of carbonyl (C=O) groups is 1. The zero-order chi connectivity index (χ0) is 15.9. The predicted molar refractivity (Wildman–Crippen MR) is 80.1 cm³/mol. The molecule has 1 N–H and O–H groups in total. The number of ketones is 1. The molecule has 0 saturated carbocycles. The summed E-state index contributed by atoms with van der Waals surface area (Å²) in [6, 6.07) is 0. The quantitative estimate of drug-likeness (QED) is 0.676. The van der Waals surface area contributed by atoms with E-state index in [1.165, 1.54) is 6.92 Å². The van der Waals surface area contributed by atoms with E-state index in [4.69, 9.17) is 0 Å². The summed E-state index contributed by atoms with van der Waals surface area (Å²) in [4.78, 5) is 27.8. The molecule has 0 aromatic carbocycles. The maximum atomic E-state index is 12.5. The van der Waals surface area contributed by atoms with Crippen molar-refractivity contribution in [2.45, 2.75) is 33.6 Å². The van der Waals surface area contributed by atoms with Crippen molar-refractivity contribution in [2.24, 2.45) is 0 Å². The Bertz CT molecular complexity index is 863. The molecule has 2 heterocycles. The Morgan fingerprint density at radius 1 is 1.43 bits per heavy atom. The van der Waals surface area contributed by atoms with E-state index in [0.717, 1.165) is 10.6 Å². The van der Waals surface area contributed by atoms with E-state index in [2.05, 4.69) is 16.7 Å². The molecular weight excluding hydrogens is 270 g/mol. The minimum atomic E-state index is -0.510. The predicted octanol–water partition coefficient (Wildman–Crippen LogP) is 1.14. The third-order valence-corrected chi connectivity index (χ3v) is 3.17. The van der Waals surface area contributed by atoms with Crippen LogP contribution in [0.1, 0.15) is 43.6 Å². The number of aromatic nitrogens is 3. The van der Waals surface area contributed by atoms with Crippen molar-refractivity contribution in [3.05, 3.63) is 38.6 Å². The Kier molecular flexibility index (Phi) is 3.63. The van der Waals surface area contributed by atoms with Gasteiger partial charge in [-0.25, -0.2) is 4.98 Å². The summed E-state index contributed by atoms with van der Waals surface area (Å²) in [6.07, 6.45) is 0.995. The maximum absolute atomic E-state index is 12.5. The SMILES string of the molecule is C=c1c(C(C)C)nn2c(=O)c(C(O)=CC(C)=O)c(C)nc12. The Morgan fingerprint density at radius 3 is 2.57 bits per heavy atom. The average Bonchev–Trinajstić information content (AvgIpc) is 2.66. The van der Waals surface area contributed by atoms with Gasteiger partial charge in [-0.1, -0.05) is 20.4 Å². The molecule has 6 nitrogen and oxygen atoms in total. The molecule has 0 amide bonds. The molecule has 0 fully saturated rings. The summed E-state index contributed by atoms with van der Waals surface area (Å²) in [5.74, 6) is -0.650. The Morgan fingerprint density at radius 2 is 2.05 bits per heavy atom. The van der Waals surface area contributed by atoms with E-state index in [9.17, 15) is 14.7 Å². The van der Waals surface area contributed by atoms with Gasteiger partial charge in [-0.3, -0.25) is 9.59 Å². The van der Waals surface area contributed by atoms with Gasteiger partial charge < -0.3 is 5.11 Å². The van der Waals surface area contributed by atoms with Gasteiger partial charge in [-0.05, 0) is 19.8 Å². The second-order valence-corrected chi connectivity index (χ2v) is 5.27. The number of hydrogen-bond donors (Lipinski definition) is 1. The van der Waals surface area contributed by atoms with Crippen molar-refractivity contribution in [3.63, 3.8) is 0 Å². The number of hydrogen-bond acceptors (Lipinski definition) is 5. The normalized spacial score (nSPS) is 12.3. The number of carbonyl (C=O) groups excluding carboxylic acids is 1. The average molecular weight is 287 g/mol. The Balaban J connectivity index is 2.86. The molecule has 6 heteroatoms. The summed E-state index contributed by atoms with van der Waals surface area (Å²) in [6.45, 7) is 10.7. The van der Waals surface area contributed by atoms with Crippen molar-refractivity contribution in [1.29, 1.82) is 0 Å². The number of allylic oxidation sites excluding steroid dienone is 1. The number of aliphatic hydroxyl groups is 1. The molecule has 2 aromatic heterocycles. The van der Waals surface area contributed by atoms with Crippen LogP contribution in [0, 0.1) is 6.92 Å². The zero-order valence-electron chi connectivity index (χ0n) is 12.5. The van der Waals surface area contributed by atoms with Gasteiger partial charge in [0, 0.05) is 11.3 Å². The number of aryl methyl sites for hydroxylation is 1. The van der Waals surface area contributed by atoms with Crippen molar-refractivity contribution >= 4 is 23.8 Å². The first kappa shape index (κ1) is 14.9. The first-order valence-electron chi connectivity index (χ1n) is 6.57. The monoisotopic (exact) mass is 287 g/mol. The van der Waals surface area contributed by atoms with Gasteiger partial charge in [0.05, 0.1) is 11.4 Å². The minimum absolute atomic E-state index is 0.0180. The molecule has 2 aromatic rings. The third-order valence-electron chi connectivity index (χ3n) is 3.17. The summed E-state index contributed by atoms with van der Waals surface area (Å²) >= 11 is 0. The van der Waals surface area contributed by atoms with Gasteiger partial charge >= 0.3 is 0 Å². The summed E-state index contributed by atoms with van der Waals surface area (Å²) in [5, 5.41) is 14.8. The smallest absolute Gasteiger partial charge is 0.285 e. The molecule has 2 rings (SSSR count). The number of nitrogens with zero attached hydrogens (tertiary/aromatic N) is 3. The van der Waals surface area contributed by atoms with Crippen LogP contribution < -0.4 is 10.8 Å². The molecule has 0 unspecified atom stereocenters. The van der Waals surface area contributed by atoms with E-state index in [0.29, 0.717) is 22.3 Å². The van der Waals surface area contributed by atoms with Gasteiger partial charge in [0.15, 0.2) is 11.4 Å². The molecule has 0 spiro atoms. The van der Waals surface area contributed by atoms with E-state index in [1.54, 1.807) is 6.92 Å². The van der Waals surface area contributed by atoms with Crippen molar-refractivity contribution in [1.82, 2.24) is 14.6 Å². The lowest BCUT2D eigenvalue weighted by Crippen LogP contribution is -2.22. The van der Waals surface area contributed by atoms with Gasteiger partial charge in [0.2, 0.25) is 0 Å². The highest BCUT2D eigenvalue weighted by atomic mass is 16.3. The van der Waals surface area contributed by atoms with Gasteiger partial charge in [-0.15, -0.1) is 0 Å². The standard InChI is InChI=1S/C15H17N3O3/c1-7(2)13-9(4)14-16-10(5)12(11(20)6-8(3)19)15(21)18(14)17-13/h6-7,20H,4H2,1-3,5H3. The second kappa shape index (κ2) is 5.12. The first-order chi connectivity index (χ1) is 9.73. The maximum Gasteiger partial charge on any atom is 0.285 e. The topological polar surface area (TPSA) is 84.6 Å². The van der Waals surface area contributed by atoms with Crippen molar-refractivity contribution in [3.8, 4) is 0 Å². The Labute approximate surface area is 121 Å². The van der Waals surface area contributed by atoms with Crippen LogP contribution in [-0.2, 0) is 4.79 Å². The zero-order valence-corrected chi connectivity index (χ0v) is 12.5. The molecule has 0 bridgehead atoms. The number of rotatable bonds is 3. The summed E-state index contributed by atoms with van der Waals surface area (Å²) in [5.41, 5.74) is 0.870. The van der Waals surface area contributed by atoms with E-state index in [-0.39, 0.29) is 17.3 Å². The number of aliphatic hydroxyl groups excluding tert-OH is 1. The van der Waals surface area contributed by atoms with Crippen LogP contribution in [0.2, 0.25) is 0 Å². The highest BCUT2D eigenvalue weighted by molar-refractivity contribution is 5.93. The van der Waals surface area contributed by atoms with Crippen LogP contribution in [0.4, 0.5) is 0 Å². The van der Waals surface area contributed by atoms with Gasteiger partial charge in [0.1, 0.15) is 11.3 Å². The third kappa shape index (κ3) is 2.44. The molecule has 0 aliphatic heterocycles. The van der Waals surface area contributed by atoms with E-state index in [1.807, 2.05) is 13.8 Å². The molecule has 110 valence electrons. The number of fused-ring (bicyclic) bond motifs is 1. The largest absolute Gasteiger partial charge is 0.507 e. The second-order valence-electron chi connectivity index (χ2n) is 5.27. The molecule has 0 aliphatic carbocycles. The molecule has 0 radical (unpaired) electrons. The van der Waals surface area contributed by atoms with Crippen LogP contribution >= 0.6 is 0 Å². The Hall–Kier alpha value is -2.50. The van der Waals surface area contributed by atoms with Crippen LogP contribution in [0.5, 0.6) is 0 Å². The van der Waals surface area contributed by atoms with Gasteiger partial charge in [0.25, 0.3) is 5.56 Å². The first-order valence-corrected chi connectivity index (χ1v) is 6.57. The fourth-order valence-electron chi connectivity index (χ4n) is 2.21. The van der Waals surface area contributed by atoms with E-state index < -0.39 is 11.3 Å². The molecule has 0 aliphatic rings. The lowest BCUT2D eigenvalue weighted by molar-refractivity contribution is -0.112. The van der Waals surface area contributed by atoms with E-state index >= 15 is 0 Å². The molecule has 0 saturated heterocycles. The molecular formula is C15H17N3O3. The summed E-state index contributed by atoms with van der Waals surface area (Å²) in [7, 11) is 0. The van der Waals surface area contributed by atoms with Crippen molar-refractivity contribution in [2.75, 3.05) is 0 Å². The molecule has 0 atom stereocenters. The lowest BCUT2D eigenvalue weighted by Gasteiger charge is -2.03. The molecule has 21 heavy (non-hydrogen) atoms. The fraction of sp³-hybridized carbons (Fsp3) is 0.333. The van der Waals surface area contributed by atoms with Crippen LogP contribution in [-0.4, -0.2) is 25.5 Å². The summed E-state index contributed by atoms with van der Waals surface area (Å²) < 4.78 is 1.13.